The molecular formula is C30H36BrN5O6Si. The van der Waals surface area contributed by atoms with Crippen LogP contribution in [-0.2, 0) is 39.4 Å². The average molecular weight is 671 g/mol. The minimum Gasteiger partial charge on any atom is -0.447 e. The number of aryl methyl sites for hydroxylation is 1. The Balaban J connectivity index is 1.30. The van der Waals surface area contributed by atoms with E-state index in [-0.39, 0.29) is 36.2 Å². The van der Waals surface area contributed by atoms with E-state index >= 15 is 0 Å². The molecular weight excluding hydrogens is 634 g/mol. The Hall–Kier alpha value is -3.10. The molecule has 3 aliphatic heterocycles. The highest BCUT2D eigenvalue weighted by molar-refractivity contribution is 9.10. The molecule has 4 heterocycles. The summed E-state index contributed by atoms with van der Waals surface area (Å²) < 4.78 is 14.5. The molecule has 0 aliphatic carbocycles. The van der Waals surface area contributed by atoms with Crippen LogP contribution in [0, 0.1) is 5.92 Å². The number of aromatic nitrogens is 3. The van der Waals surface area contributed by atoms with E-state index in [2.05, 4.69) is 26.2 Å². The van der Waals surface area contributed by atoms with Gasteiger partial charge >= 0.3 is 6.09 Å². The molecule has 0 bridgehead atoms. The monoisotopic (exact) mass is 669 g/mol. The predicted octanol–water partition coefficient (Wildman–Crippen LogP) is 3.97. The zero-order valence-corrected chi connectivity index (χ0v) is 27.0. The van der Waals surface area contributed by atoms with E-state index in [1.54, 1.807) is 14.5 Å². The molecule has 0 unspecified atom stereocenters. The summed E-state index contributed by atoms with van der Waals surface area (Å²) in [5, 5.41) is 17.5. The first kappa shape index (κ1) is 29.9. The SMILES string of the molecule is C[C@@H]1[C@@H]([Si](C)(C)O)[C@H](CCn2cc(CCO)nn2)O[C@@]12C(=O)N(Cc1ccc(N3CCOC3=O)cc1)c1ccc(Br)cc12. The number of halogens is 1. The van der Waals surface area contributed by atoms with Gasteiger partial charge in [-0.3, -0.25) is 14.4 Å². The number of benzene rings is 2. The molecule has 1 spiro atoms. The highest BCUT2D eigenvalue weighted by atomic mass is 79.9. The van der Waals surface area contributed by atoms with Gasteiger partial charge in [0, 0.05) is 53.0 Å². The van der Waals surface area contributed by atoms with Crippen LogP contribution in [0.25, 0.3) is 0 Å². The summed E-state index contributed by atoms with van der Waals surface area (Å²) in [5.74, 6) is -0.420. The third-order valence-corrected chi connectivity index (χ3v) is 11.9. The van der Waals surface area contributed by atoms with Crippen molar-refractivity contribution in [2.45, 2.75) is 63.2 Å². The third kappa shape index (κ3) is 5.31. The van der Waals surface area contributed by atoms with Gasteiger partial charge in [-0.25, -0.2) is 4.79 Å². The first-order chi connectivity index (χ1) is 20.5. The second-order valence-electron chi connectivity index (χ2n) is 12.1. The number of aliphatic hydroxyl groups is 1. The van der Waals surface area contributed by atoms with E-state index in [9.17, 15) is 19.5 Å². The molecule has 2 saturated heterocycles. The van der Waals surface area contributed by atoms with Gasteiger partial charge in [-0.2, -0.15) is 0 Å². The summed E-state index contributed by atoms with van der Waals surface area (Å²) in [6.07, 6.45) is 2.07. The molecule has 43 heavy (non-hydrogen) atoms. The van der Waals surface area contributed by atoms with E-state index in [0.717, 1.165) is 27.0 Å². The number of amides is 2. The zero-order chi connectivity index (χ0) is 30.5. The molecule has 3 aliphatic rings. The summed E-state index contributed by atoms with van der Waals surface area (Å²) >= 11 is 3.61. The van der Waals surface area contributed by atoms with Gasteiger partial charge in [0.1, 0.15) is 6.61 Å². The Morgan fingerprint density at radius 3 is 2.60 bits per heavy atom. The van der Waals surface area contributed by atoms with Crippen molar-refractivity contribution in [1.82, 2.24) is 15.0 Å². The fourth-order valence-corrected chi connectivity index (χ4v) is 9.97. The van der Waals surface area contributed by atoms with Crippen molar-refractivity contribution in [2.24, 2.45) is 5.92 Å². The Labute approximate surface area is 259 Å². The lowest BCUT2D eigenvalue weighted by atomic mass is 9.82. The van der Waals surface area contributed by atoms with Crippen LogP contribution >= 0.6 is 15.9 Å². The maximum atomic E-state index is 14.6. The normalized spacial score (nSPS) is 25.2. The van der Waals surface area contributed by atoms with E-state index < -0.39 is 13.9 Å². The van der Waals surface area contributed by atoms with E-state index in [0.29, 0.717) is 44.8 Å². The average Bonchev–Trinajstić information content (AvgIpc) is 3.71. The lowest BCUT2D eigenvalue weighted by Crippen LogP contribution is -2.46. The second-order valence-corrected chi connectivity index (χ2v) is 17.0. The number of hydrogen-bond donors (Lipinski definition) is 2. The number of carbonyl (C=O) groups excluding carboxylic acids is 2. The van der Waals surface area contributed by atoms with Gasteiger partial charge in [-0.1, -0.05) is 40.2 Å². The lowest BCUT2D eigenvalue weighted by Gasteiger charge is -2.32. The molecule has 6 rings (SSSR count). The van der Waals surface area contributed by atoms with Crippen molar-refractivity contribution in [2.75, 3.05) is 29.6 Å². The topological polar surface area (TPSA) is 130 Å². The first-order valence-electron chi connectivity index (χ1n) is 14.6. The number of carbonyl (C=O) groups is 2. The van der Waals surface area contributed by atoms with Crippen LogP contribution in [0.15, 0.2) is 53.1 Å². The number of anilines is 2. The number of fused-ring (bicyclic) bond motifs is 2. The molecule has 228 valence electrons. The Bertz CT molecular complexity index is 1530. The second kappa shape index (κ2) is 11.4. The summed E-state index contributed by atoms with van der Waals surface area (Å²) in [6.45, 7) is 7.57. The molecule has 2 amide bonds. The molecule has 2 aromatic carbocycles. The zero-order valence-electron chi connectivity index (χ0n) is 24.4. The standard InChI is InChI=1S/C30H36BrN5O6Si/c1-19-27(43(2,3)40)26(10-12-34-18-22(11-14-37)32-33-34)42-30(19)24-16-21(31)6-9-25(24)36(28(30)38)17-20-4-7-23(8-5-20)35-13-15-41-29(35)39/h4-9,16,18-19,26-27,37,40H,10-15,17H2,1-3H3/t19-,26+,27-,30+/m1/s1. The molecule has 2 fully saturated rings. The van der Waals surface area contributed by atoms with Crippen LogP contribution in [0.3, 0.4) is 0 Å². The Kier molecular flexibility index (Phi) is 7.96. The Morgan fingerprint density at radius 1 is 1.16 bits per heavy atom. The van der Waals surface area contributed by atoms with Gasteiger partial charge in [0.25, 0.3) is 5.91 Å². The molecule has 2 N–H and O–H groups in total. The highest BCUT2D eigenvalue weighted by Crippen LogP contribution is 2.60. The van der Waals surface area contributed by atoms with Gasteiger partial charge in [0.15, 0.2) is 13.9 Å². The molecule has 0 radical (unpaired) electrons. The Morgan fingerprint density at radius 2 is 1.93 bits per heavy atom. The first-order valence-corrected chi connectivity index (χ1v) is 18.4. The molecule has 11 nitrogen and oxygen atoms in total. The summed E-state index contributed by atoms with van der Waals surface area (Å²) in [4.78, 5) is 41.5. The lowest BCUT2D eigenvalue weighted by molar-refractivity contribution is -0.146. The van der Waals surface area contributed by atoms with Gasteiger partial charge in [-0.05, 0) is 55.4 Å². The maximum absolute atomic E-state index is 14.6. The van der Waals surface area contributed by atoms with Gasteiger partial charge in [0.05, 0.1) is 30.6 Å². The number of rotatable bonds is 9. The number of ether oxygens (including phenoxy) is 2. The predicted molar refractivity (Wildman–Crippen MR) is 165 cm³/mol. The molecule has 4 atom stereocenters. The number of cyclic esters (lactones) is 1. The number of hydrogen-bond acceptors (Lipinski definition) is 8. The van der Waals surface area contributed by atoms with E-state index in [1.165, 1.54) is 0 Å². The van der Waals surface area contributed by atoms with Crippen molar-refractivity contribution in [3.05, 3.63) is 70.0 Å². The molecule has 0 saturated carbocycles. The number of aliphatic hydroxyl groups excluding tert-OH is 1. The van der Waals surface area contributed by atoms with Crippen LogP contribution in [0.2, 0.25) is 18.6 Å². The molecule has 1 aromatic heterocycles. The summed E-state index contributed by atoms with van der Waals surface area (Å²) in [7, 11) is -2.80. The van der Waals surface area contributed by atoms with Crippen LogP contribution in [0.4, 0.5) is 16.2 Å². The molecule has 13 heteroatoms. The maximum Gasteiger partial charge on any atom is 0.414 e. The number of nitrogens with zero attached hydrogens (tertiary/aromatic N) is 5. The van der Waals surface area contributed by atoms with Crippen LogP contribution in [0.5, 0.6) is 0 Å². The quantitative estimate of drug-likeness (QED) is 0.328. The van der Waals surface area contributed by atoms with Crippen molar-refractivity contribution in [3.63, 3.8) is 0 Å². The van der Waals surface area contributed by atoms with Crippen molar-refractivity contribution >= 4 is 47.6 Å². The van der Waals surface area contributed by atoms with Crippen LogP contribution in [-0.4, -0.2) is 71.1 Å². The van der Waals surface area contributed by atoms with E-state index in [1.807, 2.05) is 68.7 Å². The summed E-state index contributed by atoms with van der Waals surface area (Å²) in [5.41, 5.74) is 2.51. The van der Waals surface area contributed by atoms with Gasteiger partial charge in [-0.15, -0.1) is 5.10 Å². The fourth-order valence-electron chi connectivity index (χ4n) is 7.00. The summed E-state index contributed by atoms with van der Waals surface area (Å²) in [6, 6.07) is 13.4. The highest BCUT2D eigenvalue weighted by Gasteiger charge is 2.66. The van der Waals surface area contributed by atoms with E-state index in [4.69, 9.17) is 9.47 Å². The minimum absolute atomic E-state index is 0.00163. The van der Waals surface area contributed by atoms with Crippen molar-refractivity contribution in [1.29, 1.82) is 0 Å². The van der Waals surface area contributed by atoms with Gasteiger partial charge in [0.2, 0.25) is 0 Å². The fraction of sp³-hybridized carbons (Fsp3) is 0.467. The van der Waals surface area contributed by atoms with Crippen molar-refractivity contribution in [3.8, 4) is 0 Å². The molecule has 3 aromatic rings. The van der Waals surface area contributed by atoms with Crippen molar-refractivity contribution < 1.29 is 29.0 Å². The van der Waals surface area contributed by atoms with Crippen LogP contribution < -0.4 is 9.80 Å². The minimum atomic E-state index is -2.80. The van der Waals surface area contributed by atoms with Crippen LogP contribution in [0.1, 0.15) is 30.2 Å². The third-order valence-electron chi connectivity index (χ3n) is 8.89. The smallest absolute Gasteiger partial charge is 0.414 e. The van der Waals surface area contributed by atoms with Gasteiger partial charge < -0.3 is 24.3 Å². The largest absolute Gasteiger partial charge is 0.447 e.